The van der Waals surface area contributed by atoms with Crippen LogP contribution in [0, 0.1) is 5.92 Å². The highest BCUT2D eigenvalue weighted by atomic mass is 16.5. The van der Waals surface area contributed by atoms with E-state index in [2.05, 4.69) is 17.2 Å². The Morgan fingerprint density at radius 3 is 3.05 bits per heavy atom. The fraction of sp³-hybridized carbons (Fsp3) is 0.625. The zero-order chi connectivity index (χ0) is 14.4. The lowest BCUT2D eigenvalue weighted by molar-refractivity contribution is -0.149. The molecule has 4 nitrogen and oxygen atoms in total. The van der Waals surface area contributed by atoms with Crippen molar-refractivity contribution in [1.29, 1.82) is 0 Å². The molecule has 20 heavy (non-hydrogen) atoms. The summed E-state index contributed by atoms with van der Waals surface area (Å²) in [6, 6.07) is 6.54. The fourth-order valence-corrected chi connectivity index (χ4v) is 2.89. The molecule has 1 aromatic heterocycles. The van der Waals surface area contributed by atoms with Gasteiger partial charge in [0.25, 0.3) is 0 Å². The standard InChI is InChI=1S/C16H24N2O2/c1-3-20-16(19)13-7-6-8-14(11-13)18-12(2)15-9-4-5-10-17-15/h4-5,9-10,12-14,18H,3,6-8,11H2,1-2H3/t12-,13?,14?/m1/s1. The molecule has 0 aliphatic heterocycles. The number of carbonyl (C=O) groups excluding carboxylic acids is 1. The predicted molar refractivity (Wildman–Crippen MR) is 78.2 cm³/mol. The number of aromatic nitrogens is 1. The van der Waals surface area contributed by atoms with E-state index >= 15 is 0 Å². The zero-order valence-corrected chi connectivity index (χ0v) is 12.3. The quantitative estimate of drug-likeness (QED) is 0.840. The molecule has 0 saturated heterocycles. The van der Waals surface area contributed by atoms with Gasteiger partial charge in [-0.05, 0) is 45.2 Å². The summed E-state index contributed by atoms with van der Waals surface area (Å²) < 4.78 is 5.14. The highest BCUT2D eigenvalue weighted by Gasteiger charge is 2.28. The Kier molecular flexibility index (Phi) is 5.53. The molecule has 2 unspecified atom stereocenters. The van der Waals surface area contributed by atoms with Gasteiger partial charge in [-0.1, -0.05) is 12.5 Å². The minimum absolute atomic E-state index is 0.0375. The molecule has 110 valence electrons. The van der Waals surface area contributed by atoms with E-state index in [1.807, 2.05) is 31.3 Å². The molecule has 0 bridgehead atoms. The second-order valence-corrected chi connectivity index (χ2v) is 5.46. The first-order valence-corrected chi connectivity index (χ1v) is 7.54. The molecule has 1 aliphatic rings. The molecule has 3 atom stereocenters. The monoisotopic (exact) mass is 276 g/mol. The number of hydrogen-bond acceptors (Lipinski definition) is 4. The lowest BCUT2D eigenvalue weighted by Crippen LogP contribution is -2.38. The van der Waals surface area contributed by atoms with Gasteiger partial charge in [-0.15, -0.1) is 0 Å². The van der Waals surface area contributed by atoms with Gasteiger partial charge < -0.3 is 10.1 Å². The third-order valence-corrected chi connectivity index (χ3v) is 3.91. The largest absolute Gasteiger partial charge is 0.466 e. The van der Waals surface area contributed by atoms with Crippen molar-refractivity contribution in [1.82, 2.24) is 10.3 Å². The Labute approximate surface area is 120 Å². The van der Waals surface area contributed by atoms with Crippen molar-refractivity contribution in [3.63, 3.8) is 0 Å². The topological polar surface area (TPSA) is 51.2 Å². The molecule has 0 radical (unpaired) electrons. The summed E-state index contributed by atoms with van der Waals surface area (Å²) in [5.74, 6) is 0.0154. The van der Waals surface area contributed by atoms with Crippen LogP contribution in [0.15, 0.2) is 24.4 Å². The molecule has 1 N–H and O–H groups in total. The van der Waals surface area contributed by atoms with Gasteiger partial charge in [-0.3, -0.25) is 9.78 Å². The van der Waals surface area contributed by atoms with E-state index in [1.165, 1.54) is 0 Å². The second kappa shape index (κ2) is 7.39. The number of esters is 1. The van der Waals surface area contributed by atoms with Crippen molar-refractivity contribution < 1.29 is 9.53 Å². The number of nitrogens with zero attached hydrogens (tertiary/aromatic N) is 1. The maximum atomic E-state index is 11.8. The average Bonchev–Trinajstić information content (AvgIpc) is 2.48. The van der Waals surface area contributed by atoms with Crippen LogP contribution in [0.5, 0.6) is 0 Å². The Morgan fingerprint density at radius 1 is 1.50 bits per heavy atom. The van der Waals surface area contributed by atoms with Gasteiger partial charge in [0.15, 0.2) is 0 Å². The number of ether oxygens (including phenoxy) is 1. The number of rotatable bonds is 5. The molecule has 1 heterocycles. The Morgan fingerprint density at radius 2 is 2.35 bits per heavy atom. The van der Waals surface area contributed by atoms with Gasteiger partial charge in [-0.2, -0.15) is 0 Å². The first kappa shape index (κ1) is 15.0. The number of pyridine rings is 1. The van der Waals surface area contributed by atoms with Crippen molar-refractivity contribution >= 4 is 5.97 Å². The van der Waals surface area contributed by atoms with Crippen LogP contribution in [-0.2, 0) is 9.53 Å². The van der Waals surface area contributed by atoms with Gasteiger partial charge in [0.05, 0.1) is 18.2 Å². The molecule has 0 aromatic carbocycles. The molecular formula is C16H24N2O2. The summed E-state index contributed by atoms with van der Waals surface area (Å²) in [6.07, 6.45) is 5.84. The first-order valence-electron chi connectivity index (χ1n) is 7.54. The molecule has 0 amide bonds. The van der Waals surface area contributed by atoms with Crippen LogP contribution in [-0.4, -0.2) is 23.6 Å². The maximum Gasteiger partial charge on any atom is 0.308 e. The SMILES string of the molecule is CCOC(=O)C1CCCC(N[C@H](C)c2ccccn2)C1. The van der Waals surface area contributed by atoms with Crippen LogP contribution in [0.2, 0.25) is 0 Å². The van der Waals surface area contributed by atoms with E-state index in [0.717, 1.165) is 31.4 Å². The van der Waals surface area contributed by atoms with Crippen molar-refractivity contribution in [2.75, 3.05) is 6.61 Å². The highest BCUT2D eigenvalue weighted by Crippen LogP contribution is 2.27. The van der Waals surface area contributed by atoms with Gasteiger partial charge >= 0.3 is 5.97 Å². The molecule has 4 heteroatoms. The minimum Gasteiger partial charge on any atom is -0.466 e. The van der Waals surface area contributed by atoms with E-state index in [1.54, 1.807) is 0 Å². The number of carbonyl (C=O) groups is 1. The third-order valence-electron chi connectivity index (χ3n) is 3.91. The normalized spacial score (nSPS) is 24.1. The molecular weight excluding hydrogens is 252 g/mol. The van der Waals surface area contributed by atoms with Crippen molar-refractivity contribution in [3.05, 3.63) is 30.1 Å². The molecule has 1 aliphatic carbocycles. The molecule has 1 fully saturated rings. The van der Waals surface area contributed by atoms with Crippen LogP contribution < -0.4 is 5.32 Å². The van der Waals surface area contributed by atoms with E-state index in [0.29, 0.717) is 12.6 Å². The summed E-state index contributed by atoms with van der Waals surface area (Å²) in [6.45, 7) is 4.45. The summed E-state index contributed by atoms with van der Waals surface area (Å²) in [4.78, 5) is 16.2. The van der Waals surface area contributed by atoms with E-state index < -0.39 is 0 Å². The van der Waals surface area contributed by atoms with Crippen LogP contribution in [0.4, 0.5) is 0 Å². The third kappa shape index (κ3) is 4.04. The van der Waals surface area contributed by atoms with Crippen molar-refractivity contribution in [2.45, 2.75) is 51.6 Å². The smallest absolute Gasteiger partial charge is 0.308 e. The van der Waals surface area contributed by atoms with E-state index in [4.69, 9.17) is 4.74 Å². The molecule has 1 aromatic rings. The lowest BCUT2D eigenvalue weighted by Gasteiger charge is -2.30. The fourth-order valence-electron chi connectivity index (χ4n) is 2.89. The number of hydrogen-bond donors (Lipinski definition) is 1. The highest BCUT2D eigenvalue weighted by molar-refractivity contribution is 5.72. The average molecular weight is 276 g/mol. The first-order chi connectivity index (χ1) is 9.70. The van der Waals surface area contributed by atoms with Crippen LogP contribution in [0.1, 0.15) is 51.3 Å². The molecule has 2 rings (SSSR count). The van der Waals surface area contributed by atoms with E-state index in [9.17, 15) is 4.79 Å². The van der Waals surface area contributed by atoms with Gasteiger partial charge in [0.1, 0.15) is 0 Å². The summed E-state index contributed by atoms with van der Waals surface area (Å²) in [5.41, 5.74) is 1.05. The summed E-state index contributed by atoms with van der Waals surface area (Å²) in [7, 11) is 0. The maximum absolute atomic E-state index is 11.8. The Bertz CT molecular complexity index is 422. The predicted octanol–water partition coefficient (Wildman–Crippen LogP) is 2.85. The second-order valence-electron chi connectivity index (χ2n) is 5.46. The number of nitrogens with one attached hydrogen (secondary N) is 1. The molecule has 1 saturated carbocycles. The van der Waals surface area contributed by atoms with E-state index in [-0.39, 0.29) is 17.9 Å². The lowest BCUT2D eigenvalue weighted by atomic mass is 9.85. The van der Waals surface area contributed by atoms with Crippen LogP contribution in [0.3, 0.4) is 0 Å². The van der Waals surface area contributed by atoms with Crippen molar-refractivity contribution in [2.24, 2.45) is 5.92 Å². The minimum atomic E-state index is -0.0375. The summed E-state index contributed by atoms with van der Waals surface area (Å²) in [5, 5.41) is 3.59. The zero-order valence-electron chi connectivity index (χ0n) is 12.3. The molecule has 0 spiro atoms. The summed E-state index contributed by atoms with van der Waals surface area (Å²) >= 11 is 0. The van der Waals surface area contributed by atoms with Crippen LogP contribution >= 0.6 is 0 Å². The van der Waals surface area contributed by atoms with Gasteiger partial charge in [0.2, 0.25) is 0 Å². The Hall–Kier alpha value is -1.42. The van der Waals surface area contributed by atoms with Gasteiger partial charge in [0, 0.05) is 18.3 Å². The van der Waals surface area contributed by atoms with Crippen molar-refractivity contribution in [3.8, 4) is 0 Å². The van der Waals surface area contributed by atoms with Crippen LogP contribution in [0.25, 0.3) is 0 Å². The Balaban J connectivity index is 1.88. The van der Waals surface area contributed by atoms with Gasteiger partial charge in [-0.25, -0.2) is 0 Å².